The number of ether oxygens (including phenoxy) is 3. The Balaban J connectivity index is 2.32. The molecule has 0 aliphatic rings. The molecule has 0 N–H and O–H groups in total. The summed E-state index contributed by atoms with van der Waals surface area (Å²) in [5, 5.41) is 0.280. The standard InChI is InChI=1S/C20H18O6/c1-23-13-6-4-12(5-7-13)16-10-15(22)19-18(25-3)11-17(24-2)14(8-9-21)20(19)26-16/h4-7,9-11H,8H2,1-3H3. The minimum Gasteiger partial charge on any atom is -0.497 e. The van der Waals surface area contributed by atoms with Gasteiger partial charge in [0.2, 0.25) is 0 Å². The molecule has 0 saturated carbocycles. The Hall–Kier alpha value is -3.28. The first-order chi connectivity index (χ1) is 12.6. The molecule has 0 bridgehead atoms. The molecule has 6 heteroatoms. The van der Waals surface area contributed by atoms with Crippen molar-refractivity contribution in [2.24, 2.45) is 0 Å². The fourth-order valence-corrected chi connectivity index (χ4v) is 2.85. The van der Waals surface area contributed by atoms with E-state index in [1.54, 1.807) is 37.4 Å². The lowest BCUT2D eigenvalue weighted by molar-refractivity contribution is -0.107. The van der Waals surface area contributed by atoms with Crippen molar-refractivity contribution in [1.29, 1.82) is 0 Å². The minimum atomic E-state index is -0.260. The van der Waals surface area contributed by atoms with Gasteiger partial charge in [-0.15, -0.1) is 0 Å². The number of hydrogen-bond donors (Lipinski definition) is 0. The highest BCUT2D eigenvalue weighted by molar-refractivity contribution is 5.91. The summed E-state index contributed by atoms with van der Waals surface area (Å²) >= 11 is 0. The predicted octanol–water partition coefficient (Wildman–Crippen LogP) is 3.23. The van der Waals surface area contributed by atoms with Crippen molar-refractivity contribution in [3.05, 3.63) is 52.2 Å². The van der Waals surface area contributed by atoms with Crippen LogP contribution < -0.4 is 19.6 Å². The predicted molar refractivity (Wildman–Crippen MR) is 97.3 cm³/mol. The summed E-state index contributed by atoms with van der Waals surface area (Å²) in [6.07, 6.45) is 0.794. The number of hydrogen-bond acceptors (Lipinski definition) is 6. The molecule has 134 valence electrons. The second-order valence-electron chi connectivity index (χ2n) is 5.54. The molecule has 1 heterocycles. The largest absolute Gasteiger partial charge is 0.497 e. The summed E-state index contributed by atoms with van der Waals surface area (Å²) in [7, 11) is 4.53. The van der Waals surface area contributed by atoms with Crippen molar-refractivity contribution in [2.45, 2.75) is 6.42 Å². The average Bonchev–Trinajstić information content (AvgIpc) is 2.68. The van der Waals surface area contributed by atoms with Crippen LogP contribution in [0.25, 0.3) is 22.3 Å². The fraction of sp³-hybridized carbons (Fsp3) is 0.200. The summed E-state index contributed by atoms with van der Waals surface area (Å²) in [6.45, 7) is 0. The maximum atomic E-state index is 12.7. The first-order valence-electron chi connectivity index (χ1n) is 7.92. The van der Waals surface area contributed by atoms with Crippen LogP contribution in [0.2, 0.25) is 0 Å². The number of aldehydes is 1. The van der Waals surface area contributed by atoms with Crippen molar-refractivity contribution in [1.82, 2.24) is 0 Å². The van der Waals surface area contributed by atoms with Crippen LogP contribution in [-0.4, -0.2) is 27.6 Å². The van der Waals surface area contributed by atoms with Crippen molar-refractivity contribution >= 4 is 17.3 Å². The quantitative estimate of drug-likeness (QED) is 0.633. The molecular weight excluding hydrogens is 336 g/mol. The lowest BCUT2D eigenvalue weighted by Gasteiger charge is -2.13. The van der Waals surface area contributed by atoms with Crippen LogP contribution in [0, 0.1) is 0 Å². The monoisotopic (exact) mass is 354 g/mol. The molecule has 3 aromatic rings. The Kier molecular flexibility index (Phi) is 4.93. The molecule has 0 unspecified atom stereocenters. The Morgan fingerprint density at radius 3 is 2.23 bits per heavy atom. The van der Waals surface area contributed by atoms with E-state index >= 15 is 0 Å². The summed E-state index contributed by atoms with van der Waals surface area (Å²) in [6, 6.07) is 10.1. The molecule has 0 aliphatic heterocycles. The maximum absolute atomic E-state index is 12.7. The molecule has 6 nitrogen and oxygen atoms in total. The number of methoxy groups -OCH3 is 3. The van der Waals surface area contributed by atoms with E-state index < -0.39 is 0 Å². The summed E-state index contributed by atoms with van der Waals surface area (Å²) in [5.41, 5.74) is 1.24. The van der Waals surface area contributed by atoms with Crippen LogP contribution in [0.1, 0.15) is 5.56 Å². The van der Waals surface area contributed by atoms with Crippen LogP contribution in [0.5, 0.6) is 17.2 Å². The molecule has 1 aromatic heterocycles. The number of fused-ring (bicyclic) bond motifs is 1. The highest BCUT2D eigenvalue weighted by Gasteiger charge is 2.19. The van der Waals surface area contributed by atoms with Gasteiger partial charge in [-0.25, -0.2) is 0 Å². The van der Waals surface area contributed by atoms with Gasteiger partial charge in [-0.2, -0.15) is 0 Å². The van der Waals surface area contributed by atoms with Gasteiger partial charge < -0.3 is 23.4 Å². The van der Waals surface area contributed by atoms with E-state index in [0.717, 1.165) is 6.29 Å². The SMILES string of the molecule is COc1ccc(-c2cc(=O)c3c(OC)cc(OC)c(CC=O)c3o2)cc1. The zero-order valence-corrected chi connectivity index (χ0v) is 14.7. The number of carbonyl (C=O) groups is 1. The topological polar surface area (TPSA) is 75.0 Å². The van der Waals surface area contributed by atoms with Gasteiger partial charge in [0.1, 0.15) is 40.3 Å². The maximum Gasteiger partial charge on any atom is 0.197 e. The lowest BCUT2D eigenvalue weighted by atomic mass is 10.0. The molecule has 0 amide bonds. The van der Waals surface area contributed by atoms with Gasteiger partial charge in [0.05, 0.1) is 21.3 Å². The molecule has 0 atom stereocenters. The van der Waals surface area contributed by atoms with Crippen molar-refractivity contribution in [3.8, 4) is 28.6 Å². The van der Waals surface area contributed by atoms with E-state index in [2.05, 4.69) is 0 Å². The Bertz CT molecular complexity index is 1000. The zero-order valence-electron chi connectivity index (χ0n) is 14.7. The van der Waals surface area contributed by atoms with Gasteiger partial charge in [0.15, 0.2) is 5.43 Å². The van der Waals surface area contributed by atoms with Gasteiger partial charge in [-0.05, 0) is 24.3 Å². The fourth-order valence-electron chi connectivity index (χ4n) is 2.85. The molecule has 0 radical (unpaired) electrons. The van der Waals surface area contributed by atoms with E-state index in [9.17, 15) is 9.59 Å². The normalized spacial score (nSPS) is 10.6. The van der Waals surface area contributed by atoms with E-state index in [1.807, 2.05) is 0 Å². The minimum absolute atomic E-state index is 0.0542. The highest BCUT2D eigenvalue weighted by atomic mass is 16.5. The lowest BCUT2D eigenvalue weighted by Crippen LogP contribution is -2.06. The third kappa shape index (κ3) is 3.01. The molecule has 0 saturated heterocycles. The van der Waals surface area contributed by atoms with Crippen LogP contribution in [-0.2, 0) is 11.2 Å². The van der Waals surface area contributed by atoms with E-state index in [1.165, 1.54) is 20.3 Å². The molecule has 0 spiro atoms. The second kappa shape index (κ2) is 7.31. The van der Waals surface area contributed by atoms with E-state index in [0.29, 0.717) is 34.1 Å². The molecular formula is C20H18O6. The van der Waals surface area contributed by atoms with Gasteiger partial charge in [0, 0.05) is 29.7 Å². The van der Waals surface area contributed by atoms with E-state index in [4.69, 9.17) is 18.6 Å². The Morgan fingerprint density at radius 1 is 0.962 bits per heavy atom. The third-order valence-electron chi connectivity index (χ3n) is 4.13. The molecule has 0 fully saturated rings. The third-order valence-corrected chi connectivity index (χ3v) is 4.13. The first kappa shape index (κ1) is 17.5. The van der Waals surface area contributed by atoms with Crippen molar-refractivity contribution < 1.29 is 23.4 Å². The summed E-state index contributed by atoms with van der Waals surface area (Å²) in [5.74, 6) is 1.84. The molecule has 3 rings (SSSR count). The van der Waals surface area contributed by atoms with Crippen LogP contribution >= 0.6 is 0 Å². The molecule has 0 aliphatic carbocycles. The molecule has 26 heavy (non-hydrogen) atoms. The highest BCUT2D eigenvalue weighted by Crippen LogP contribution is 2.36. The number of benzene rings is 2. The van der Waals surface area contributed by atoms with Gasteiger partial charge in [-0.1, -0.05) is 0 Å². The zero-order chi connectivity index (χ0) is 18.7. The second-order valence-corrected chi connectivity index (χ2v) is 5.54. The van der Waals surface area contributed by atoms with Gasteiger partial charge in [-0.3, -0.25) is 4.79 Å². The van der Waals surface area contributed by atoms with Crippen molar-refractivity contribution in [2.75, 3.05) is 21.3 Å². The van der Waals surface area contributed by atoms with Crippen molar-refractivity contribution in [3.63, 3.8) is 0 Å². The Morgan fingerprint density at radius 2 is 1.65 bits per heavy atom. The first-order valence-corrected chi connectivity index (χ1v) is 7.92. The smallest absolute Gasteiger partial charge is 0.197 e. The molecule has 2 aromatic carbocycles. The summed E-state index contributed by atoms with van der Waals surface area (Å²) < 4.78 is 21.8. The summed E-state index contributed by atoms with van der Waals surface area (Å²) in [4.78, 5) is 23.9. The van der Waals surface area contributed by atoms with Crippen LogP contribution in [0.3, 0.4) is 0 Å². The average molecular weight is 354 g/mol. The number of rotatable bonds is 6. The van der Waals surface area contributed by atoms with E-state index in [-0.39, 0.29) is 22.8 Å². The van der Waals surface area contributed by atoms with Gasteiger partial charge >= 0.3 is 0 Å². The number of carbonyl (C=O) groups excluding carboxylic acids is 1. The van der Waals surface area contributed by atoms with Gasteiger partial charge in [0.25, 0.3) is 0 Å². The van der Waals surface area contributed by atoms with Crippen LogP contribution in [0.4, 0.5) is 0 Å². The van der Waals surface area contributed by atoms with Crippen LogP contribution in [0.15, 0.2) is 45.6 Å². The Labute approximate surface area is 149 Å².